The molecule has 0 aliphatic carbocycles. The number of alkyl halides is 3. The standard InChI is InChI=1S/C17H17F3N2O3S2/c1-12-5-6-15(26-12)27(24,25)22-9-7-21(8-10-22)16(23)13-3-2-4-14(11-13)17(18,19)20/h2-6,11H,7-10H2,1H3. The second kappa shape index (κ2) is 7.25. The lowest BCUT2D eigenvalue weighted by Crippen LogP contribution is -2.50. The number of hydrogen-bond donors (Lipinski definition) is 0. The number of carbonyl (C=O) groups is 1. The van der Waals surface area contributed by atoms with Crippen molar-refractivity contribution in [3.8, 4) is 0 Å². The first kappa shape index (κ1) is 19.8. The molecule has 3 rings (SSSR count). The zero-order chi connectivity index (χ0) is 19.8. The Morgan fingerprint density at radius 3 is 2.30 bits per heavy atom. The van der Waals surface area contributed by atoms with E-state index in [0.717, 1.165) is 17.0 Å². The first-order chi connectivity index (χ1) is 12.6. The molecule has 1 saturated heterocycles. The van der Waals surface area contributed by atoms with Crippen LogP contribution in [0.5, 0.6) is 0 Å². The molecule has 146 valence electrons. The van der Waals surface area contributed by atoms with Gasteiger partial charge in [-0.05, 0) is 37.3 Å². The molecule has 0 unspecified atom stereocenters. The van der Waals surface area contributed by atoms with Crippen molar-refractivity contribution in [1.29, 1.82) is 0 Å². The van der Waals surface area contributed by atoms with Crippen molar-refractivity contribution in [3.63, 3.8) is 0 Å². The molecule has 0 atom stereocenters. The predicted molar refractivity (Wildman–Crippen MR) is 95.2 cm³/mol. The normalized spacial score (nSPS) is 16.5. The molecule has 0 radical (unpaired) electrons. The van der Waals surface area contributed by atoms with Gasteiger partial charge in [-0.15, -0.1) is 11.3 Å². The van der Waals surface area contributed by atoms with Gasteiger partial charge in [0.1, 0.15) is 4.21 Å². The maximum atomic E-state index is 12.8. The zero-order valence-corrected chi connectivity index (χ0v) is 16.0. The molecule has 2 heterocycles. The van der Waals surface area contributed by atoms with Crippen molar-refractivity contribution in [3.05, 3.63) is 52.4 Å². The summed E-state index contributed by atoms with van der Waals surface area (Å²) in [5.41, 5.74) is -0.947. The topological polar surface area (TPSA) is 57.7 Å². The van der Waals surface area contributed by atoms with Crippen LogP contribution in [0.3, 0.4) is 0 Å². The molecule has 0 N–H and O–H groups in total. The molecule has 0 bridgehead atoms. The number of rotatable bonds is 3. The molecule has 27 heavy (non-hydrogen) atoms. The second-order valence-corrected chi connectivity index (χ2v) is 9.59. The van der Waals surface area contributed by atoms with E-state index in [9.17, 15) is 26.4 Å². The van der Waals surface area contributed by atoms with Gasteiger partial charge in [0.15, 0.2) is 0 Å². The van der Waals surface area contributed by atoms with Gasteiger partial charge >= 0.3 is 6.18 Å². The average molecular weight is 418 g/mol. The summed E-state index contributed by atoms with van der Waals surface area (Å²) in [6, 6.07) is 7.52. The van der Waals surface area contributed by atoms with Gasteiger partial charge in [0.2, 0.25) is 0 Å². The van der Waals surface area contributed by atoms with E-state index in [1.54, 1.807) is 12.1 Å². The van der Waals surface area contributed by atoms with Crippen LogP contribution < -0.4 is 0 Å². The van der Waals surface area contributed by atoms with E-state index in [2.05, 4.69) is 0 Å². The summed E-state index contributed by atoms with van der Waals surface area (Å²) in [4.78, 5) is 14.8. The molecule has 1 aromatic carbocycles. The van der Waals surface area contributed by atoms with E-state index in [4.69, 9.17) is 0 Å². The Bertz CT molecular complexity index is 946. The Labute approximate surface area is 159 Å². The fourth-order valence-corrected chi connectivity index (χ4v) is 5.68. The third kappa shape index (κ3) is 4.17. The summed E-state index contributed by atoms with van der Waals surface area (Å²) in [6.07, 6.45) is -4.53. The molecule has 0 saturated carbocycles. The molecule has 1 aliphatic heterocycles. The minimum atomic E-state index is -4.53. The number of hydrogen-bond acceptors (Lipinski definition) is 4. The van der Waals surface area contributed by atoms with Crippen LogP contribution in [0.2, 0.25) is 0 Å². The van der Waals surface area contributed by atoms with E-state index in [-0.39, 0.29) is 36.0 Å². The minimum Gasteiger partial charge on any atom is -0.336 e. The van der Waals surface area contributed by atoms with E-state index >= 15 is 0 Å². The molecule has 0 spiro atoms. The zero-order valence-electron chi connectivity index (χ0n) is 14.4. The SMILES string of the molecule is Cc1ccc(S(=O)(=O)N2CCN(C(=O)c3cccc(C(F)(F)F)c3)CC2)s1. The van der Waals surface area contributed by atoms with Gasteiger partial charge in [-0.3, -0.25) is 4.79 Å². The van der Waals surface area contributed by atoms with E-state index < -0.39 is 27.7 Å². The highest BCUT2D eigenvalue weighted by atomic mass is 32.2. The smallest absolute Gasteiger partial charge is 0.336 e. The van der Waals surface area contributed by atoms with Crippen LogP contribution in [0.1, 0.15) is 20.8 Å². The lowest BCUT2D eigenvalue weighted by Gasteiger charge is -2.33. The van der Waals surface area contributed by atoms with Crippen molar-refractivity contribution in [2.75, 3.05) is 26.2 Å². The number of halogens is 3. The highest BCUT2D eigenvalue weighted by Crippen LogP contribution is 2.30. The van der Waals surface area contributed by atoms with Gasteiger partial charge in [-0.25, -0.2) is 8.42 Å². The Kier molecular flexibility index (Phi) is 5.33. The van der Waals surface area contributed by atoms with Crippen molar-refractivity contribution >= 4 is 27.3 Å². The second-order valence-electron chi connectivity index (χ2n) is 6.14. The van der Waals surface area contributed by atoms with Crippen LogP contribution in [0, 0.1) is 6.92 Å². The van der Waals surface area contributed by atoms with Crippen LogP contribution in [0.4, 0.5) is 13.2 Å². The first-order valence-electron chi connectivity index (χ1n) is 8.12. The lowest BCUT2D eigenvalue weighted by molar-refractivity contribution is -0.137. The third-order valence-corrected chi connectivity index (χ3v) is 7.64. The quantitative estimate of drug-likeness (QED) is 0.769. The predicted octanol–water partition coefficient (Wildman–Crippen LogP) is 3.22. The van der Waals surface area contributed by atoms with Gasteiger partial charge < -0.3 is 4.90 Å². The van der Waals surface area contributed by atoms with Crippen LogP contribution >= 0.6 is 11.3 Å². The summed E-state index contributed by atoms with van der Waals surface area (Å²) in [5, 5.41) is 0. The van der Waals surface area contributed by atoms with Gasteiger partial charge in [0.05, 0.1) is 5.56 Å². The maximum absolute atomic E-state index is 12.8. The number of amides is 1. The van der Waals surface area contributed by atoms with Gasteiger partial charge in [0, 0.05) is 36.6 Å². The molecule has 1 fully saturated rings. The molecule has 1 aliphatic rings. The van der Waals surface area contributed by atoms with Gasteiger partial charge in [-0.2, -0.15) is 17.5 Å². The number of carbonyl (C=O) groups excluding carboxylic acids is 1. The Hall–Kier alpha value is -1.91. The van der Waals surface area contributed by atoms with Crippen LogP contribution in [0.15, 0.2) is 40.6 Å². The molecule has 2 aromatic rings. The maximum Gasteiger partial charge on any atom is 0.416 e. The molecular formula is C17H17F3N2O3S2. The Morgan fingerprint density at radius 2 is 1.74 bits per heavy atom. The van der Waals surface area contributed by atoms with E-state index in [0.29, 0.717) is 0 Å². The number of piperazine rings is 1. The number of benzene rings is 1. The van der Waals surface area contributed by atoms with Gasteiger partial charge in [-0.1, -0.05) is 6.07 Å². The van der Waals surface area contributed by atoms with Crippen molar-refractivity contribution in [2.45, 2.75) is 17.3 Å². The third-order valence-electron chi connectivity index (χ3n) is 4.27. The molecule has 1 amide bonds. The van der Waals surface area contributed by atoms with Crippen molar-refractivity contribution in [1.82, 2.24) is 9.21 Å². The number of thiophene rings is 1. The van der Waals surface area contributed by atoms with E-state index in [1.807, 2.05) is 6.92 Å². The molecule has 5 nitrogen and oxygen atoms in total. The van der Waals surface area contributed by atoms with Crippen molar-refractivity contribution < 1.29 is 26.4 Å². The fourth-order valence-electron chi connectivity index (χ4n) is 2.82. The lowest BCUT2D eigenvalue weighted by atomic mass is 10.1. The van der Waals surface area contributed by atoms with Crippen LogP contribution in [-0.2, 0) is 16.2 Å². The Balaban J connectivity index is 1.70. The molecular weight excluding hydrogens is 401 g/mol. The molecule has 10 heteroatoms. The number of aryl methyl sites for hydroxylation is 1. The largest absolute Gasteiger partial charge is 0.416 e. The minimum absolute atomic E-state index is 0.0602. The van der Waals surface area contributed by atoms with Crippen molar-refractivity contribution in [2.24, 2.45) is 0 Å². The average Bonchev–Trinajstić information content (AvgIpc) is 3.08. The van der Waals surface area contributed by atoms with Gasteiger partial charge in [0.25, 0.3) is 15.9 Å². The highest BCUT2D eigenvalue weighted by Gasteiger charge is 2.33. The van der Waals surface area contributed by atoms with Crippen LogP contribution in [-0.4, -0.2) is 49.7 Å². The summed E-state index contributed by atoms with van der Waals surface area (Å²) >= 11 is 1.18. The molecule has 1 aromatic heterocycles. The number of nitrogens with zero attached hydrogens (tertiary/aromatic N) is 2. The monoisotopic (exact) mass is 418 g/mol. The van der Waals surface area contributed by atoms with E-state index in [1.165, 1.54) is 32.7 Å². The number of sulfonamides is 1. The van der Waals surface area contributed by atoms with Crippen LogP contribution in [0.25, 0.3) is 0 Å². The first-order valence-corrected chi connectivity index (χ1v) is 10.4. The highest BCUT2D eigenvalue weighted by molar-refractivity contribution is 7.91. The summed E-state index contributed by atoms with van der Waals surface area (Å²) in [6.45, 7) is 2.26. The fraction of sp³-hybridized carbons (Fsp3) is 0.353. The Morgan fingerprint density at radius 1 is 1.07 bits per heavy atom. The summed E-state index contributed by atoms with van der Waals surface area (Å²) < 4.78 is 65.2. The summed E-state index contributed by atoms with van der Waals surface area (Å²) in [7, 11) is -3.62. The summed E-state index contributed by atoms with van der Waals surface area (Å²) in [5.74, 6) is -0.537.